The van der Waals surface area contributed by atoms with Gasteiger partial charge in [0.25, 0.3) is 5.56 Å². The number of carbonyl (C=O) groups is 1. The van der Waals surface area contributed by atoms with E-state index in [0.29, 0.717) is 36.7 Å². The number of nitrogens with one attached hydrogen (secondary N) is 1. The summed E-state index contributed by atoms with van der Waals surface area (Å²) in [6, 6.07) is 5.95. The Morgan fingerprint density at radius 3 is 2.79 bits per heavy atom. The fourth-order valence-corrected chi connectivity index (χ4v) is 3.85. The number of nitrogens with zero attached hydrogens (tertiary/aromatic N) is 2. The van der Waals surface area contributed by atoms with Gasteiger partial charge in [-0.25, -0.2) is 4.98 Å². The molecule has 6 heteroatoms. The van der Waals surface area contributed by atoms with E-state index >= 15 is 0 Å². The van der Waals surface area contributed by atoms with Crippen molar-refractivity contribution < 1.29 is 9.53 Å². The first-order chi connectivity index (χ1) is 13.6. The highest BCUT2D eigenvalue weighted by atomic mass is 16.5. The quantitative estimate of drug-likeness (QED) is 0.701. The van der Waals surface area contributed by atoms with Crippen LogP contribution in [0.15, 0.2) is 23.0 Å². The molecule has 28 heavy (non-hydrogen) atoms. The highest BCUT2D eigenvalue weighted by Crippen LogP contribution is 2.22. The third-order valence-corrected chi connectivity index (χ3v) is 5.64. The number of aromatic nitrogens is 2. The molecule has 1 saturated carbocycles. The van der Waals surface area contributed by atoms with E-state index in [2.05, 4.69) is 9.97 Å². The topological polar surface area (TPSA) is 75.3 Å². The molecule has 1 amide bonds. The van der Waals surface area contributed by atoms with Gasteiger partial charge in [-0.1, -0.05) is 26.2 Å². The lowest BCUT2D eigenvalue weighted by atomic mass is 9.94. The smallest absolute Gasteiger partial charge is 0.270 e. The molecule has 0 spiro atoms. The van der Waals surface area contributed by atoms with Gasteiger partial charge in [0.2, 0.25) is 5.91 Å². The molecule has 2 aromatic rings. The van der Waals surface area contributed by atoms with Gasteiger partial charge in [0.15, 0.2) is 0 Å². The van der Waals surface area contributed by atoms with Crippen molar-refractivity contribution in [3.63, 3.8) is 0 Å². The molecule has 1 aliphatic carbocycles. The van der Waals surface area contributed by atoms with Crippen LogP contribution in [-0.4, -0.2) is 40.5 Å². The summed E-state index contributed by atoms with van der Waals surface area (Å²) in [6.45, 7) is 2.48. The van der Waals surface area contributed by atoms with E-state index in [-0.39, 0.29) is 11.5 Å². The number of hydrogen-bond acceptors (Lipinski definition) is 4. The first-order valence-corrected chi connectivity index (χ1v) is 10.5. The van der Waals surface area contributed by atoms with Crippen LogP contribution >= 0.6 is 0 Å². The lowest BCUT2D eigenvalue weighted by Crippen LogP contribution is -2.38. The van der Waals surface area contributed by atoms with Crippen LogP contribution in [0.5, 0.6) is 5.75 Å². The Kier molecular flexibility index (Phi) is 7.06. The zero-order valence-corrected chi connectivity index (χ0v) is 17.0. The summed E-state index contributed by atoms with van der Waals surface area (Å²) >= 11 is 0. The number of aromatic amines is 1. The first-order valence-electron chi connectivity index (χ1n) is 10.5. The molecule has 0 saturated heterocycles. The molecular formula is C22H31N3O3. The van der Waals surface area contributed by atoms with Crippen LogP contribution in [0.3, 0.4) is 0 Å². The SMILES string of the molecule is CCc1nc2cc(OCCCCC(=O)N(C)C3CCCCC3)ccc2[nH]c1=O. The second-order valence-electron chi connectivity index (χ2n) is 7.65. The van der Waals surface area contributed by atoms with Crippen molar-refractivity contribution in [1.82, 2.24) is 14.9 Å². The average molecular weight is 386 g/mol. The molecule has 0 aliphatic heterocycles. The van der Waals surface area contributed by atoms with Gasteiger partial charge in [-0.3, -0.25) is 9.59 Å². The third-order valence-electron chi connectivity index (χ3n) is 5.64. The number of unbranched alkanes of at least 4 members (excludes halogenated alkanes) is 1. The van der Waals surface area contributed by atoms with Gasteiger partial charge >= 0.3 is 0 Å². The van der Waals surface area contributed by atoms with Crippen molar-refractivity contribution in [3.05, 3.63) is 34.2 Å². The standard InChI is InChI=1S/C22H31N3O3/c1-3-18-22(27)24-19-13-12-17(15-20(19)23-18)28-14-8-7-11-21(26)25(2)16-9-5-4-6-10-16/h12-13,15-16H,3-11,14H2,1-2H3,(H,24,27). The number of amides is 1. The third kappa shape index (κ3) is 5.12. The number of benzene rings is 1. The van der Waals surface area contributed by atoms with Crippen molar-refractivity contribution in [2.75, 3.05) is 13.7 Å². The maximum absolute atomic E-state index is 12.4. The molecule has 6 nitrogen and oxygen atoms in total. The van der Waals surface area contributed by atoms with E-state index in [9.17, 15) is 9.59 Å². The molecule has 1 aliphatic rings. The molecule has 0 unspecified atom stereocenters. The van der Waals surface area contributed by atoms with Crippen molar-refractivity contribution >= 4 is 16.9 Å². The molecule has 0 atom stereocenters. The molecule has 0 radical (unpaired) electrons. The number of ether oxygens (including phenoxy) is 1. The van der Waals surface area contributed by atoms with Crippen LogP contribution in [0.1, 0.15) is 64.0 Å². The lowest BCUT2D eigenvalue weighted by molar-refractivity contribution is -0.132. The minimum absolute atomic E-state index is 0.133. The monoisotopic (exact) mass is 385 g/mol. The Morgan fingerprint density at radius 2 is 2.04 bits per heavy atom. The zero-order chi connectivity index (χ0) is 19.9. The summed E-state index contributed by atoms with van der Waals surface area (Å²) in [5.74, 6) is 0.984. The first kappa shape index (κ1) is 20.4. The largest absolute Gasteiger partial charge is 0.494 e. The van der Waals surface area contributed by atoms with Gasteiger partial charge in [0.05, 0.1) is 17.6 Å². The molecule has 0 bridgehead atoms. The molecule has 1 heterocycles. The van der Waals surface area contributed by atoms with Crippen LogP contribution in [0.4, 0.5) is 0 Å². The minimum atomic E-state index is -0.133. The molecule has 1 fully saturated rings. The Hall–Kier alpha value is -2.37. The number of carbonyl (C=O) groups excluding carboxylic acids is 1. The summed E-state index contributed by atoms with van der Waals surface area (Å²) in [6.07, 6.45) is 8.91. The van der Waals surface area contributed by atoms with Crippen LogP contribution in [0.2, 0.25) is 0 Å². The number of hydrogen-bond donors (Lipinski definition) is 1. The number of aryl methyl sites for hydroxylation is 1. The van der Waals surface area contributed by atoms with Crippen molar-refractivity contribution in [1.29, 1.82) is 0 Å². The molecule has 3 rings (SSSR count). The highest BCUT2D eigenvalue weighted by Gasteiger charge is 2.21. The average Bonchev–Trinajstić information content (AvgIpc) is 2.73. The zero-order valence-electron chi connectivity index (χ0n) is 17.0. The van der Waals surface area contributed by atoms with Gasteiger partial charge in [0, 0.05) is 25.6 Å². The van der Waals surface area contributed by atoms with Crippen LogP contribution in [0.25, 0.3) is 11.0 Å². The fourth-order valence-electron chi connectivity index (χ4n) is 3.85. The fraction of sp³-hybridized carbons (Fsp3) is 0.591. The normalized spacial score (nSPS) is 14.9. The van der Waals surface area contributed by atoms with E-state index in [1.54, 1.807) is 0 Å². The van der Waals surface area contributed by atoms with Gasteiger partial charge in [0.1, 0.15) is 11.4 Å². The van der Waals surface area contributed by atoms with Crippen LogP contribution in [0, 0.1) is 0 Å². The predicted molar refractivity (Wildman–Crippen MR) is 111 cm³/mol. The second kappa shape index (κ2) is 9.71. The number of fused-ring (bicyclic) bond motifs is 1. The van der Waals surface area contributed by atoms with E-state index in [4.69, 9.17) is 4.74 Å². The number of rotatable bonds is 8. The maximum Gasteiger partial charge on any atom is 0.270 e. The van der Waals surface area contributed by atoms with E-state index in [1.807, 2.05) is 37.1 Å². The Bertz CT molecular complexity index is 856. The molecule has 1 aromatic heterocycles. The Morgan fingerprint density at radius 1 is 1.25 bits per heavy atom. The van der Waals surface area contributed by atoms with Crippen molar-refractivity contribution in [2.45, 2.75) is 70.8 Å². The van der Waals surface area contributed by atoms with Crippen LogP contribution < -0.4 is 10.3 Å². The lowest BCUT2D eigenvalue weighted by Gasteiger charge is -2.31. The molecule has 1 aromatic carbocycles. The highest BCUT2D eigenvalue weighted by molar-refractivity contribution is 5.76. The van der Waals surface area contributed by atoms with Gasteiger partial charge in [-0.2, -0.15) is 0 Å². The Labute approximate surface area is 166 Å². The number of H-pyrrole nitrogens is 1. The van der Waals surface area contributed by atoms with Crippen molar-refractivity contribution in [2.24, 2.45) is 0 Å². The van der Waals surface area contributed by atoms with Gasteiger partial charge in [-0.15, -0.1) is 0 Å². The minimum Gasteiger partial charge on any atom is -0.494 e. The summed E-state index contributed by atoms with van der Waals surface area (Å²) in [4.78, 5) is 33.4. The summed E-state index contributed by atoms with van der Waals surface area (Å²) in [7, 11) is 1.95. The molecular weight excluding hydrogens is 354 g/mol. The maximum atomic E-state index is 12.4. The van der Waals surface area contributed by atoms with E-state index in [1.165, 1.54) is 19.3 Å². The summed E-state index contributed by atoms with van der Waals surface area (Å²) in [5, 5.41) is 0. The molecule has 1 N–H and O–H groups in total. The summed E-state index contributed by atoms with van der Waals surface area (Å²) < 4.78 is 5.82. The van der Waals surface area contributed by atoms with Gasteiger partial charge in [-0.05, 0) is 44.2 Å². The van der Waals surface area contributed by atoms with Crippen molar-refractivity contribution in [3.8, 4) is 5.75 Å². The van der Waals surface area contributed by atoms with Gasteiger partial charge < -0.3 is 14.6 Å². The van der Waals surface area contributed by atoms with E-state index < -0.39 is 0 Å². The van der Waals surface area contributed by atoms with Crippen LogP contribution in [-0.2, 0) is 11.2 Å². The Balaban J connectivity index is 1.44. The predicted octanol–water partition coefficient (Wildman–Crippen LogP) is 3.83. The summed E-state index contributed by atoms with van der Waals surface area (Å²) in [5.41, 5.74) is 1.85. The van der Waals surface area contributed by atoms with E-state index in [0.717, 1.165) is 36.9 Å². The molecule has 152 valence electrons. The second-order valence-corrected chi connectivity index (χ2v) is 7.65.